The zero-order valence-corrected chi connectivity index (χ0v) is 52.1. The first-order chi connectivity index (χ1) is 37.0. The van der Waals surface area contributed by atoms with Gasteiger partial charge in [0.25, 0.3) is 7.82 Å². The van der Waals surface area contributed by atoms with Crippen molar-refractivity contribution in [3.8, 4) is 0 Å². The highest BCUT2D eigenvalue weighted by Crippen LogP contribution is 2.38. The number of phosphoric acid groups is 1. The van der Waals surface area contributed by atoms with Gasteiger partial charge in [0.05, 0.1) is 27.7 Å². The minimum atomic E-state index is -4.63. The van der Waals surface area contributed by atoms with Gasteiger partial charge < -0.3 is 27.9 Å². The summed E-state index contributed by atoms with van der Waals surface area (Å²) in [6, 6.07) is 0. The van der Waals surface area contributed by atoms with Gasteiger partial charge >= 0.3 is 11.9 Å². The fourth-order valence-corrected chi connectivity index (χ4v) is 10.6. The van der Waals surface area contributed by atoms with Gasteiger partial charge in [0.2, 0.25) is 0 Å². The number of likely N-dealkylation sites (N-methyl/N-ethyl adjacent to an activating group) is 1. The Hall–Kier alpha value is -1.51. The number of hydrogen-bond acceptors (Lipinski definition) is 8. The van der Waals surface area contributed by atoms with E-state index < -0.39 is 26.5 Å². The third-order valence-electron chi connectivity index (χ3n) is 14.9. The molecule has 0 radical (unpaired) electrons. The summed E-state index contributed by atoms with van der Waals surface area (Å²) in [5.74, 6) is -0.826. The Kier molecular flexibility index (Phi) is 57.0. The molecule has 10 heteroatoms. The molecule has 2 atom stereocenters. The lowest BCUT2D eigenvalue weighted by molar-refractivity contribution is -0.870. The number of quaternary nitrogens is 1. The highest BCUT2D eigenvalue weighted by atomic mass is 31.2. The van der Waals surface area contributed by atoms with Gasteiger partial charge in [-0.3, -0.25) is 14.2 Å². The third kappa shape index (κ3) is 61.7. The molecule has 9 nitrogen and oxygen atoms in total. The summed E-state index contributed by atoms with van der Waals surface area (Å²) in [5.41, 5.74) is 0. The molecule has 0 heterocycles. The fourth-order valence-electron chi connectivity index (χ4n) is 9.83. The van der Waals surface area contributed by atoms with Crippen molar-refractivity contribution in [2.24, 2.45) is 0 Å². The number of phosphoric ester groups is 1. The minimum Gasteiger partial charge on any atom is -0.756 e. The summed E-state index contributed by atoms with van der Waals surface area (Å²) < 4.78 is 34.2. The molecule has 0 bridgehead atoms. The molecule has 0 aliphatic rings. The standard InChI is InChI=1S/C66H128NO8P/c1-6-8-10-12-14-16-18-20-22-23-24-25-26-27-28-29-30-31-32-33-34-35-36-37-38-39-40-41-42-43-45-47-49-51-53-55-57-59-66(69)75-64(63-74-76(70,71)73-61-60-67(3,4)5)62-72-65(68)58-56-54-52-50-48-46-44-21-19-17-15-13-11-9-7-2/h21,23-24,44,64H,6-20,22,25-43,45-63H2,1-5H3/b24-23-,44-21-. The normalized spacial score (nSPS) is 13.3. The van der Waals surface area contributed by atoms with Crippen molar-refractivity contribution in [3.63, 3.8) is 0 Å². The second kappa shape index (κ2) is 58.2. The largest absolute Gasteiger partial charge is 0.756 e. The Labute approximate surface area is 472 Å². The number of carbonyl (C=O) groups is 2. The Balaban J connectivity index is 3.90. The molecule has 0 aliphatic carbocycles. The minimum absolute atomic E-state index is 0.0291. The molecule has 0 saturated carbocycles. The second-order valence-electron chi connectivity index (χ2n) is 23.8. The van der Waals surface area contributed by atoms with Crippen LogP contribution in [0.3, 0.4) is 0 Å². The van der Waals surface area contributed by atoms with Gasteiger partial charge in [-0.1, -0.05) is 282 Å². The molecule has 2 unspecified atom stereocenters. The number of rotatable bonds is 62. The lowest BCUT2D eigenvalue weighted by Gasteiger charge is -2.28. The number of ether oxygens (including phenoxy) is 2. The van der Waals surface area contributed by atoms with Crippen molar-refractivity contribution in [3.05, 3.63) is 24.3 Å². The maximum absolute atomic E-state index is 12.8. The van der Waals surface area contributed by atoms with E-state index in [1.54, 1.807) is 0 Å². The molecule has 0 saturated heterocycles. The van der Waals surface area contributed by atoms with Gasteiger partial charge in [-0.25, -0.2) is 0 Å². The molecule has 0 amide bonds. The Morgan fingerprint density at radius 2 is 0.671 bits per heavy atom. The average molecular weight is 1090 g/mol. The van der Waals surface area contributed by atoms with Crippen LogP contribution in [0.4, 0.5) is 0 Å². The van der Waals surface area contributed by atoms with Crippen LogP contribution in [0, 0.1) is 0 Å². The fraction of sp³-hybridized carbons (Fsp3) is 0.909. The second-order valence-corrected chi connectivity index (χ2v) is 25.2. The maximum Gasteiger partial charge on any atom is 0.306 e. The van der Waals surface area contributed by atoms with Gasteiger partial charge in [-0.2, -0.15) is 0 Å². The molecule has 76 heavy (non-hydrogen) atoms. The van der Waals surface area contributed by atoms with E-state index in [9.17, 15) is 19.0 Å². The maximum atomic E-state index is 12.8. The smallest absolute Gasteiger partial charge is 0.306 e. The topological polar surface area (TPSA) is 111 Å². The van der Waals surface area contributed by atoms with E-state index in [1.807, 2.05) is 21.1 Å². The van der Waals surface area contributed by atoms with Crippen LogP contribution in [0.5, 0.6) is 0 Å². The van der Waals surface area contributed by atoms with Crippen LogP contribution in [0.25, 0.3) is 0 Å². The Morgan fingerprint density at radius 1 is 0.395 bits per heavy atom. The number of allylic oxidation sites excluding steroid dienone is 4. The third-order valence-corrected chi connectivity index (χ3v) is 15.9. The summed E-state index contributed by atoms with van der Waals surface area (Å²) in [6.45, 7) is 4.27. The van der Waals surface area contributed by atoms with Crippen LogP contribution in [0.1, 0.15) is 335 Å². The number of esters is 2. The first-order valence-corrected chi connectivity index (χ1v) is 34.5. The molecule has 0 aromatic heterocycles. The van der Waals surface area contributed by atoms with Crippen molar-refractivity contribution in [1.82, 2.24) is 0 Å². The van der Waals surface area contributed by atoms with Gasteiger partial charge in [0.15, 0.2) is 6.10 Å². The van der Waals surface area contributed by atoms with Crippen LogP contribution in [0.15, 0.2) is 24.3 Å². The summed E-state index contributed by atoms with van der Waals surface area (Å²) in [5, 5.41) is 0. The van der Waals surface area contributed by atoms with Crippen molar-refractivity contribution in [1.29, 1.82) is 0 Å². The molecule has 0 rings (SSSR count). The Morgan fingerprint density at radius 3 is 0.974 bits per heavy atom. The predicted molar refractivity (Wildman–Crippen MR) is 324 cm³/mol. The molecule has 0 aliphatic heterocycles. The monoisotopic (exact) mass is 1090 g/mol. The van der Waals surface area contributed by atoms with Crippen LogP contribution >= 0.6 is 7.82 Å². The summed E-state index contributed by atoms with van der Waals surface area (Å²) in [6.07, 6.45) is 71.3. The van der Waals surface area contributed by atoms with Gasteiger partial charge in [0.1, 0.15) is 19.8 Å². The molecule has 0 spiro atoms. The molecule has 0 aromatic rings. The highest BCUT2D eigenvalue weighted by molar-refractivity contribution is 7.45. The number of carbonyl (C=O) groups excluding carboxylic acids is 2. The van der Waals surface area contributed by atoms with Gasteiger partial charge in [-0.05, 0) is 64.2 Å². The predicted octanol–water partition coefficient (Wildman–Crippen LogP) is 20.3. The molecular formula is C66H128NO8P. The number of hydrogen-bond donors (Lipinski definition) is 0. The zero-order chi connectivity index (χ0) is 55.6. The van der Waals surface area contributed by atoms with E-state index in [-0.39, 0.29) is 32.0 Å². The van der Waals surface area contributed by atoms with Crippen LogP contribution < -0.4 is 4.89 Å². The lowest BCUT2D eigenvalue weighted by Crippen LogP contribution is -2.37. The van der Waals surface area contributed by atoms with E-state index >= 15 is 0 Å². The molecule has 0 fully saturated rings. The Bertz CT molecular complexity index is 1330. The first-order valence-electron chi connectivity index (χ1n) is 33.0. The zero-order valence-electron chi connectivity index (χ0n) is 51.2. The summed E-state index contributed by atoms with van der Waals surface area (Å²) >= 11 is 0. The molecule has 0 N–H and O–H groups in total. The SMILES string of the molecule is CCCCCCCC/C=C\CCCCCCCC(=O)OCC(COP(=O)([O-])OCC[N+](C)(C)C)OC(=O)CCCCCCCCCCCCCCCCCCCCCCCCCCC/C=C\CCCCCCCCCC. The number of nitrogens with zero attached hydrogens (tertiary/aromatic N) is 1. The van der Waals surface area contributed by atoms with Crippen LogP contribution in [-0.4, -0.2) is 70.0 Å². The lowest BCUT2D eigenvalue weighted by atomic mass is 10.0. The van der Waals surface area contributed by atoms with Crippen molar-refractivity contribution < 1.29 is 42.1 Å². The quantitative estimate of drug-likeness (QED) is 0.0195. The van der Waals surface area contributed by atoms with E-state index in [4.69, 9.17) is 18.5 Å². The van der Waals surface area contributed by atoms with E-state index in [2.05, 4.69) is 38.2 Å². The highest BCUT2D eigenvalue weighted by Gasteiger charge is 2.22. The van der Waals surface area contributed by atoms with Crippen molar-refractivity contribution >= 4 is 19.8 Å². The summed E-state index contributed by atoms with van der Waals surface area (Å²) in [4.78, 5) is 37.9. The number of unbranched alkanes of at least 4 members (excludes halogenated alkanes) is 44. The van der Waals surface area contributed by atoms with Crippen LogP contribution in [0.2, 0.25) is 0 Å². The van der Waals surface area contributed by atoms with Gasteiger partial charge in [-0.15, -0.1) is 0 Å². The van der Waals surface area contributed by atoms with Crippen molar-refractivity contribution in [2.75, 3.05) is 47.5 Å². The molecule has 0 aromatic carbocycles. The van der Waals surface area contributed by atoms with E-state index in [0.29, 0.717) is 17.4 Å². The van der Waals surface area contributed by atoms with E-state index in [0.717, 1.165) is 51.4 Å². The first kappa shape index (κ1) is 74.5. The summed E-state index contributed by atoms with van der Waals surface area (Å²) in [7, 11) is 1.18. The van der Waals surface area contributed by atoms with E-state index in [1.165, 1.54) is 250 Å². The van der Waals surface area contributed by atoms with Gasteiger partial charge in [0, 0.05) is 12.8 Å². The molecular weight excluding hydrogens is 966 g/mol. The van der Waals surface area contributed by atoms with Crippen molar-refractivity contribution in [2.45, 2.75) is 341 Å². The van der Waals surface area contributed by atoms with Crippen LogP contribution in [-0.2, 0) is 32.7 Å². The molecule has 450 valence electrons. The average Bonchev–Trinajstić information content (AvgIpc) is 3.38.